The van der Waals surface area contributed by atoms with Crippen molar-refractivity contribution in [3.63, 3.8) is 0 Å². The van der Waals surface area contributed by atoms with Crippen LogP contribution in [-0.4, -0.2) is 20.2 Å². The van der Waals surface area contributed by atoms with Crippen molar-refractivity contribution in [3.8, 4) is 5.75 Å². The topological polar surface area (TPSA) is 38.5 Å². The van der Waals surface area contributed by atoms with Gasteiger partial charge in [-0.2, -0.15) is 0 Å². The Hall–Kier alpha value is -1.68. The lowest BCUT2D eigenvalue weighted by molar-refractivity contribution is 0.408. The lowest BCUT2D eigenvalue weighted by Crippen LogP contribution is -2.31. The fraction of sp³-hybridized carbons (Fsp3) is 0.294. The van der Waals surface area contributed by atoms with Crippen LogP contribution in [0.25, 0.3) is 0 Å². The largest absolute Gasteiger partial charge is 0.496 e. The molecule has 0 aliphatic rings. The first kappa shape index (κ1) is 15.7. The van der Waals surface area contributed by atoms with E-state index in [1.807, 2.05) is 36.4 Å². The highest BCUT2D eigenvalue weighted by molar-refractivity contribution is 9.10. The van der Waals surface area contributed by atoms with Gasteiger partial charge in [0.2, 0.25) is 0 Å². The summed E-state index contributed by atoms with van der Waals surface area (Å²) < 4.78 is 6.42. The highest BCUT2D eigenvalue weighted by Crippen LogP contribution is 2.29. The molecule has 0 saturated heterocycles. The zero-order chi connectivity index (χ0) is 15.4. The molecule has 112 valence electrons. The zero-order valence-electron chi connectivity index (χ0n) is 12.6. The summed E-state index contributed by atoms with van der Waals surface area (Å²) in [5.41, 5.74) is 9.14. The number of halogens is 1. The van der Waals surface area contributed by atoms with Crippen LogP contribution in [0.5, 0.6) is 5.75 Å². The summed E-state index contributed by atoms with van der Waals surface area (Å²) in [7, 11) is 3.78. The molecule has 2 rings (SSSR count). The molecule has 0 saturated carbocycles. The molecule has 0 aromatic heterocycles. The van der Waals surface area contributed by atoms with Crippen LogP contribution in [0, 0.1) is 0 Å². The first-order valence-corrected chi connectivity index (χ1v) is 7.72. The molecule has 1 atom stereocenters. The minimum atomic E-state index is 0.310. The molecule has 0 fully saturated rings. The van der Waals surface area contributed by atoms with Crippen molar-refractivity contribution in [2.75, 3.05) is 24.8 Å². The lowest BCUT2D eigenvalue weighted by Gasteiger charge is -2.28. The van der Waals surface area contributed by atoms with Crippen molar-refractivity contribution in [1.82, 2.24) is 0 Å². The van der Waals surface area contributed by atoms with E-state index in [1.54, 1.807) is 7.11 Å². The average molecular weight is 349 g/mol. The van der Waals surface area contributed by atoms with E-state index >= 15 is 0 Å². The Kier molecular flexibility index (Phi) is 5.12. The first-order valence-electron chi connectivity index (χ1n) is 6.92. The minimum absolute atomic E-state index is 0.310. The number of methoxy groups -OCH3 is 1. The van der Waals surface area contributed by atoms with Gasteiger partial charge in [0.25, 0.3) is 0 Å². The Morgan fingerprint density at radius 1 is 1.24 bits per heavy atom. The van der Waals surface area contributed by atoms with E-state index in [0.29, 0.717) is 6.04 Å². The lowest BCUT2D eigenvalue weighted by atomic mass is 10.0. The molecule has 0 aliphatic heterocycles. The molecule has 0 bridgehead atoms. The zero-order valence-corrected chi connectivity index (χ0v) is 14.2. The number of nitrogens with two attached hydrogens (primary N) is 1. The summed E-state index contributed by atoms with van der Waals surface area (Å²) >= 11 is 3.44. The SMILES string of the molecule is COc1ccccc1CC(C)N(C)c1ccc(Br)cc1N. The minimum Gasteiger partial charge on any atom is -0.496 e. The van der Waals surface area contributed by atoms with E-state index in [-0.39, 0.29) is 0 Å². The van der Waals surface area contributed by atoms with E-state index in [4.69, 9.17) is 10.5 Å². The van der Waals surface area contributed by atoms with Crippen LogP contribution < -0.4 is 15.4 Å². The van der Waals surface area contributed by atoms with Gasteiger partial charge in [-0.1, -0.05) is 34.1 Å². The highest BCUT2D eigenvalue weighted by Gasteiger charge is 2.15. The molecule has 0 amide bonds. The highest BCUT2D eigenvalue weighted by atomic mass is 79.9. The number of hydrogen-bond donors (Lipinski definition) is 1. The third kappa shape index (κ3) is 3.70. The standard InChI is InChI=1S/C17H21BrN2O/c1-12(10-13-6-4-5-7-17(13)21-3)20(2)16-9-8-14(18)11-15(16)19/h4-9,11-12H,10,19H2,1-3H3. The van der Waals surface area contributed by atoms with Crippen LogP contribution >= 0.6 is 15.9 Å². The number of benzene rings is 2. The molecule has 0 heterocycles. The maximum atomic E-state index is 6.11. The third-order valence-corrected chi connectivity index (χ3v) is 4.23. The van der Waals surface area contributed by atoms with Crippen LogP contribution in [-0.2, 0) is 6.42 Å². The quantitative estimate of drug-likeness (QED) is 0.826. The number of anilines is 2. The van der Waals surface area contributed by atoms with E-state index < -0.39 is 0 Å². The fourth-order valence-corrected chi connectivity index (χ4v) is 2.79. The summed E-state index contributed by atoms with van der Waals surface area (Å²) in [4.78, 5) is 2.20. The number of likely N-dealkylation sites (N-methyl/N-ethyl adjacent to an activating group) is 1. The second kappa shape index (κ2) is 6.85. The first-order chi connectivity index (χ1) is 10.0. The summed E-state index contributed by atoms with van der Waals surface area (Å²) in [5, 5.41) is 0. The Balaban J connectivity index is 2.17. The van der Waals surface area contributed by atoms with Gasteiger partial charge in [-0.05, 0) is 43.2 Å². The maximum Gasteiger partial charge on any atom is 0.122 e. The molecular weight excluding hydrogens is 328 g/mol. The number of hydrogen-bond acceptors (Lipinski definition) is 3. The van der Waals surface area contributed by atoms with Gasteiger partial charge in [0.05, 0.1) is 18.5 Å². The van der Waals surface area contributed by atoms with Crippen LogP contribution in [0.2, 0.25) is 0 Å². The van der Waals surface area contributed by atoms with Gasteiger partial charge in [-0.15, -0.1) is 0 Å². The number of nitrogens with zero attached hydrogens (tertiary/aromatic N) is 1. The molecule has 0 aliphatic carbocycles. The average Bonchev–Trinajstić information content (AvgIpc) is 2.47. The van der Waals surface area contributed by atoms with Crippen molar-refractivity contribution >= 4 is 27.3 Å². The van der Waals surface area contributed by atoms with E-state index in [2.05, 4.69) is 40.9 Å². The summed E-state index contributed by atoms with van der Waals surface area (Å²) in [6.45, 7) is 2.19. The molecule has 1 unspecified atom stereocenters. The van der Waals surface area contributed by atoms with Crippen LogP contribution in [0.3, 0.4) is 0 Å². The van der Waals surface area contributed by atoms with Gasteiger partial charge < -0.3 is 15.4 Å². The van der Waals surface area contributed by atoms with Gasteiger partial charge in [-0.3, -0.25) is 0 Å². The Morgan fingerprint density at radius 2 is 1.95 bits per heavy atom. The van der Waals surface area contributed by atoms with Crippen molar-refractivity contribution in [2.24, 2.45) is 0 Å². The van der Waals surface area contributed by atoms with Gasteiger partial charge in [-0.25, -0.2) is 0 Å². The molecular formula is C17H21BrN2O. The Labute approximate surface area is 134 Å². The molecule has 2 aromatic rings. The van der Waals surface area contributed by atoms with Crippen LogP contribution in [0.4, 0.5) is 11.4 Å². The maximum absolute atomic E-state index is 6.11. The predicted molar refractivity (Wildman–Crippen MR) is 93.1 cm³/mol. The van der Waals surface area contributed by atoms with E-state index in [1.165, 1.54) is 5.56 Å². The molecule has 21 heavy (non-hydrogen) atoms. The molecule has 4 heteroatoms. The van der Waals surface area contributed by atoms with Gasteiger partial charge in [0, 0.05) is 17.6 Å². The fourth-order valence-electron chi connectivity index (χ4n) is 2.41. The Bertz CT molecular complexity index is 615. The number of rotatable bonds is 5. The molecule has 0 radical (unpaired) electrons. The van der Waals surface area contributed by atoms with Crippen molar-refractivity contribution in [1.29, 1.82) is 0 Å². The second-order valence-electron chi connectivity index (χ2n) is 5.18. The molecule has 0 spiro atoms. The normalized spacial score (nSPS) is 12.0. The van der Waals surface area contributed by atoms with Crippen LogP contribution in [0.15, 0.2) is 46.9 Å². The summed E-state index contributed by atoms with van der Waals surface area (Å²) in [5.74, 6) is 0.932. The van der Waals surface area contributed by atoms with Crippen molar-refractivity contribution in [3.05, 3.63) is 52.5 Å². The number of para-hydroxylation sites is 1. The molecule has 3 nitrogen and oxygen atoms in total. The van der Waals surface area contributed by atoms with Crippen LogP contribution in [0.1, 0.15) is 12.5 Å². The van der Waals surface area contributed by atoms with Crippen molar-refractivity contribution in [2.45, 2.75) is 19.4 Å². The van der Waals surface area contributed by atoms with Crippen molar-refractivity contribution < 1.29 is 4.74 Å². The van der Waals surface area contributed by atoms with Gasteiger partial charge in [0.1, 0.15) is 5.75 Å². The smallest absolute Gasteiger partial charge is 0.122 e. The summed E-state index contributed by atoms with van der Waals surface area (Å²) in [6, 6.07) is 14.4. The third-order valence-electron chi connectivity index (χ3n) is 3.74. The molecule has 2 aromatic carbocycles. The molecule has 2 N–H and O–H groups in total. The van der Waals surface area contributed by atoms with E-state index in [0.717, 1.165) is 28.0 Å². The van der Waals surface area contributed by atoms with Gasteiger partial charge >= 0.3 is 0 Å². The second-order valence-corrected chi connectivity index (χ2v) is 6.09. The predicted octanol–water partition coefficient (Wildman–Crippen LogP) is 4.11. The number of nitrogen functional groups attached to an aromatic ring is 1. The van der Waals surface area contributed by atoms with Gasteiger partial charge in [0.15, 0.2) is 0 Å². The number of ether oxygens (including phenoxy) is 1. The van der Waals surface area contributed by atoms with E-state index in [9.17, 15) is 0 Å². The Morgan fingerprint density at radius 3 is 2.62 bits per heavy atom. The summed E-state index contributed by atoms with van der Waals surface area (Å²) in [6.07, 6.45) is 0.899. The monoisotopic (exact) mass is 348 g/mol.